The van der Waals surface area contributed by atoms with Gasteiger partial charge in [0.25, 0.3) is 0 Å². The third-order valence-corrected chi connectivity index (χ3v) is 5.20. The van der Waals surface area contributed by atoms with Crippen LogP contribution in [0.5, 0.6) is 0 Å². The molecule has 1 aliphatic heterocycles. The zero-order chi connectivity index (χ0) is 20.5. The lowest BCUT2D eigenvalue weighted by Crippen LogP contribution is -2.20. The average molecular weight is 474 g/mol. The Kier molecular flexibility index (Phi) is 5.62. The summed E-state index contributed by atoms with van der Waals surface area (Å²) in [6.07, 6.45) is 1.05. The Morgan fingerprint density at radius 1 is 1.21 bits per heavy atom. The van der Waals surface area contributed by atoms with E-state index in [1.807, 2.05) is 29.2 Å². The lowest BCUT2D eigenvalue weighted by Gasteiger charge is -2.23. The van der Waals surface area contributed by atoms with Gasteiger partial charge in [-0.15, -0.1) is 0 Å². The van der Waals surface area contributed by atoms with Crippen LogP contribution in [-0.2, 0) is 22.6 Å². The quantitative estimate of drug-likeness (QED) is 0.626. The first-order valence-electron chi connectivity index (χ1n) is 8.06. The third-order valence-electron chi connectivity index (χ3n) is 3.86. The Morgan fingerprint density at radius 3 is 2.61 bits per heavy atom. The van der Waals surface area contributed by atoms with Crippen molar-refractivity contribution in [1.29, 1.82) is 0 Å². The Balaban J connectivity index is 1.99. The van der Waals surface area contributed by atoms with Crippen LogP contribution in [0.3, 0.4) is 0 Å². The van der Waals surface area contributed by atoms with Crippen LogP contribution in [0.4, 0.5) is 13.2 Å². The van der Waals surface area contributed by atoms with Crippen molar-refractivity contribution in [3.8, 4) is 0 Å². The standard InChI is InChI=1S/C18H15BrF3N3O2S/c1-28(26,27)17-23-15(9-16(24-17)18(20,21)22)13-5-3-7-25(11-13)10-12-4-2-6-14(19)8-12/h2-6,8-9,11H,7,10H2,1H3. The van der Waals surface area contributed by atoms with E-state index in [1.165, 1.54) is 0 Å². The summed E-state index contributed by atoms with van der Waals surface area (Å²) in [5, 5.41) is -0.851. The van der Waals surface area contributed by atoms with E-state index < -0.39 is 26.9 Å². The van der Waals surface area contributed by atoms with Gasteiger partial charge in [0.2, 0.25) is 15.0 Å². The Morgan fingerprint density at radius 2 is 1.96 bits per heavy atom. The van der Waals surface area contributed by atoms with E-state index in [1.54, 1.807) is 18.4 Å². The van der Waals surface area contributed by atoms with Gasteiger partial charge in [0.15, 0.2) is 0 Å². The second-order valence-corrected chi connectivity index (χ2v) is 9.06. The Hall–Kier alpha value is -2.20. The number of allylic oxidation sites excluding steroid dienone is 2. The van der Waals surface area contributed by atoms with Gasteiger partial charge in [0.05, 0.1) is 5.69 Å². The van der Waals surface area contributed by atoms with Gasteiger partial charge in [-0.3, -0.25) is 0 Å². The van der Waals surface area contributed by atoms with E-state index in [9.17, 15) is 21.6 Å². The topological polar surface area (TPSA) is 63.2 Å². The molecule has 0 amide bonds. The predicted molar refractivity (Wildman–Crippen MR) is 102 cm³/mol. The number of sulfone groups is 1. The van der Waals surface area contributed by atoms with Crippen molar-refractivity contribution in [1.82, 2.24) is 14.9 Å². The van der Waals surface area contributed by atoms with Gasteiger partial charge in [-0.1, -0.05) is 40.2 Å². The van der Waals surface area contributed by atoms with Crippen molar-refractivity contribution >= 4 is 31.3 Å². The molecule has 0 saturated carbocycles. The highest BCUT2D eigenvalue weighted by Crippen LogP contribution is 2.31. The molecule has 0 atom stereocenters. The minimum Gasteiger partial charge on any atom is -0.369 e. The molecule has 2 aromatic rings. The molecule has 5 nitrogen and oxygen atoms in total. The van der Waals surface area contributed by atoms with Crippen LogP contribution in [0, 0.1) is 0 Å². The number of rotatable bonds is 4. The molecule has 0 radical (unpaired) electrons. The van der Waals surface area contributed by atoms with E-state index in [2.05, 4.69) is 25.9 Å². The molecule has 0 unspecified atom stereocenters. The molecule has 1 aliphatic rings. The molecule has 0 N–H and O–H groups in total. The number of aromatic nitrogens is 2. The summed E-state index contributed by atoms with van der Waals surface area (Å²) in [6, 6.07) is 8.42. The molecule has 0 saturated heterocycles. The highest BCUT2D eigenvalue weighted by atomic mass is 79.9. The first kappa shape index (κ1) is 20.5. The zero-order valence-electron chi connectivity index (χ0n) is 14.6. The number of halogens is 4. The first-order valence-corrected chi connectivity index (χ1v) is 10.7. The van der Waals surface area contributed by atoms with Crippen molar-refractivity contribution in [3.05, 3.63) is 70.1 Å². The first-order chi connectivity index (χ1) is 13.0. The van der Waals surface area contributed by atoms with Gasteiger partial charge in [0.1, 0.15) is 5.69 Å². The lowest BCUT2D eigenvalue weighted by molar-refractivity contribution is -0.141. The molecule has 3 rings (SSSR count). The van der Waals surface area contributed by atoms with Crippen molar-refractivity contribution < 1.29 is 21.6 Å². The zero-order valence-corrected chi connectivity index (χ0v) is 17.0. The van der Waals surface area contributed by atoms with Crippen molar-refractivity contribution in [2.75, 3.05) is 12.8 Å². The number of hydrogen-bond donors (Lipinski definition) is 0. The molecule has 0 aliphatic carbocycles. The minimum absolute atomic E-state index is 0.0991. The maximum absolute atomic E-state index is 13.2. The molecule has 148 valence electrons. The van der Waals surface area contributed by atoms with Gasteiger partial charge in [-0.2, -0.15) is 13.2 Å². The maximum atomic E-state index is 13.2. The Bertz CT molecular complexity index is 1070. The Labute approximate surface area is 168 Å². The van der Waals surface area contributed by atoms with Gasteiger partial charge < -0.3 is 4.90 Å². The van der Waals surface area contributed by atoms with E-state index in [4.69, 9.17) is 0 Å². The largest absolute Gasteiger partial charge is 0.433 e. The molecule has 28 heavy (non-hydrogen) atoms. The van der Waals surface area contributed by atoms with Crippen LogP contribution in [0.15, 0.2) is 58.3 Å². The highest BCUT2D eigenvalue weighted by molar-refractivity contribution is 9.10. The fraction of sp³-hybridized carbons (Fsp3) is 0.222. The monoisotopic (exact) mass is 473 g/mol. The number of nitrogens with zero attached hydrogens (tertiary/aromatic N) is 3. The average Bonchev–Trinajstić information content (AvgIpc) is 2.60. The summed E-state index contributed by atoms with van der Waals surface area (Å²) in [4.78, 5) is 8.91. The summed E-state index contributed by atoms with van der Waals surface area (Å²) in [6.45, 7) is 1.09. The fourth-order valence-electron chi connectivity index (χ4n) is 2.62. The van der Waals surface area contributed by atoms with Crippen molar-refractivity contribution in [3.63, 3.8) is 0 Å². The molecule has 0 spiro atoms. The third kappa shape index (κ3) is 4.99. The van der Waals surface area contributed by atoms with Crippen LogP contribution in [0.2, 0.25) is 0 Å². The van der Waals surface area contributed by atoms with Gasteiger partial charge in [0, 0.05) is 35.6 Å². The maximum Gasteiger partial charge on any atom is 0.433 e. The van der Waals surface area contributed by atoms with Gasteiger partial charge in [-0.25, -0.2) is 18.4 Å². The second-order valence-electron chi connectivity index (χ2n) is 6.24. The van der Waals surface area contributed by atoms with E-state index in [0.717, 1.165) is 22.4 Å². The number of alkyl halides is 3. The van der Waals surface area contributed by atoms with Crippen molar-refractivity contribution in [2.24, 2.45) is 0 Å². The van der Waals surface area contributed by atoms with Gasteiger partial charge >= 0.3 is 6.18 Å². The van der Waals surface area contributed by atoms with E-state index >= 15 is 0 Å². The fourth-order valence-corrected chi connectivity index (χ4v) is 3.60. The molecule has 0 fully saturated rings. The normalized spacial score (nSPS) is 14.9. The van der Waals surface area contributed by atoms with Crippen LogP contribution in [0.1, 0.15) is 17.0 Å². The van der Waals surface area contributed by atoms with Crippen LogP contribution in [0.25, 0.3) is 5.57 Å². The lowest BCUT2D eigenvalue weighted by atomic mass is 10.1. The van der Waals surface area contributed by atoms with Gasteiger partial charge in [-0.05, 0) is 23.8 Å². The molecule has 1 aromatic carbocycles. The van der Waals surface area contributed by atoms with Crippen LogP contribution >= 0.6 is 15.9 Å². The number of benzene rings is 1. The summed E-state index contributed by atoms with van der Waals surface area (Å²) in [5.74, 6) is 0. The molecular weight excluding hydrogens is 459 g/mol. The summed E-state index contributed by atoms with van der Waals surface area (Å²) >= 11 is 3.40. The molecule has 10 heteroatoms. The van der Waals surface area contributed by atoms with Crippen LogP contribution in [-0.4, -0.2) is 36.1 Å². The summed E-state index contributed by atoms with van der Waals surface area (Å²) in [5.41, 5.74) is -0.0101. The second kappa shape index (κ2) is 7.67. The number of hydrogen-bond acceptors (Lipinski definition) is 5. The van der Waals surface area contributed by atoms with Crippen molar-refractivity contribution in [2.45, 2.75) is 17.9 Å². The smallest absolute Gasteiger partial charge is 0.369 e. The predicted octanol–water partition coefficient (Wildman–Crippen LogP) is 4.07. The minimum atomic E-state index is -4.79. The van der Waals surface area contributed by atoms with E-state index in [0.29, 0.717) is 18.7 Å². The molecule has 1 aromatic heterocycles. The molecule has 2 heterocycles. The summed E-state index contributed by atoms with van der Waals surface area (Å²) in [7, 11) is -4.01. The van der Waals surface area contributed by atoms with E-state index in [-0.39, 0.29) is 5.69 Å². The molecular formula is C18H15BrF3N3O2S. The SMILES string of the molecule is CS(=O)(=O)c1nc(C2=CN(Cc3cccc(Br)c3)CC=C2)cc(C(F)(F)F)n1. The molecule has 0 bridgehead atoms. The van der Waals surface area contributed by atoms with Crippen LogP contribution < -0.4 is 0 Å². The highest BCUT2D eigenvalue weighted by Gasteiger charge is 2.35. The summed E-state index contributed by atoms with van der Waals surface area (Å²) < 4.78 is 63.9.